The van der Waals surface area contributed by atoms with Gasteiger partial charge >= 0.3 is 0 Å². The lowest BCUT2D eigenvalue weighted by Gasteiger charge is -2.06. The SMILES string of the molecule is Cc1ccccc1-c1nc(C)c(CNC(=O)CNC(=O)c2ccccc2)s1. The standard InChI is InChI=1S/C21H21N3O2S/c1-14-8-6-7-11-17(14)21-24-15(2)18(27-21)12-22-19(25)13-23-20(26)16-9-4-3-5-10-16/h3-11H,12-13H2,1-2H3,(H,22,25)(H,23,26). The summed E-state index contributed by atoms with van der Waals surface area (Å²) in [6.45, 7) is 4.34. The van der Waals surface area contributed by atoms with Gasteiger partial charge in [0.05, 0.1) is 18.8 Å². The Labute approximate surface area is 162 Å². The van der Waals surface area contributed by atoms with Gasteiger partial charge in [-0.1, -0.05) is 42.5 Å². The molecule has 27 heavy (non-hydrogen) atoms. The molecule has 0 aliphatic heterocycles. The summed E-state index contributed by atoms with van der Waals surface area (Å²) < 4.78 is 0. The van der Waals surface area contributed by atoms with E-state index in [0.717, 1.165) is 21.1 Å². The van der Waals surface area contributed by atoms with Gasteiger partial charge < -0.3 is 10.6 Å². The quantitative estimate of drug-likeness (QED) is 0.689. The summed E-state index contributed by atoms with van der Waals surface area (Å²) in [5.41, 5.74) is 3.72. The fraction of sp³-hybridized carbons (Fsp3) is 0.190. The van der Waals surface area contributed by atoms with Crippen molar-refractivity contribution in [1.29, 1.82) is 0 Å². The van der Waals surface area contributed by atoms with Gasteiger partial charge in [0.1, 0.15) is 5.01 Å². The van der Waals surface area contributed by atoms with E-state index in [2.05, 4.69) is 34.7 Å². The van der Waals surface area contributed by atoms with E-state index in [9.17, 15) is 9.59 Å². The second kappa shape index (κ2) is 8.60. The summed E-state index contributed by atoms with van der Waals surface area (Å²) in [5, 5.41) is 6.42. The highest BCUT2D eigenvalue weighted by Crippen LogP contribution is 2.29. The number of rotatable bonds is 6. The van der Waals surface area contributed by atoms with Crippen molar-refractivity contribution in [2.45, 2.75) is 20.4 Å². The van der Waals surface area contributed by atoms with Crippen LogP contribution in [0.5, 0.6) is 0 Å². The van der Waals surface area contributed by atoms with E-state index in [1.165, 1.54) is 5.56 Å². The molecule has 138 valence electrons. The maximum atomic E-state index is 12.1. The summed E-state index contributed by atoms with van der Waals surface area (Å²) in [6.07, 6.45) is 0. The minimum atomic E-state index is -0.262. The molecule has 2 amide bonds. The molecule has 6 heteroatoms. The average Bonchev–Trinajstić information content (AvgIpc) is 3.06. The lowest BCUT2D eigenvalue weighted by atomic mass is 10.1. The van der Waals surface area contributed by atoms with Crippen LogP contribution >= 0.6 is 11.3 Å². The molecule has 1 aromatic heterocycles. The van der Waals surface area contributed by atoms with Gasteiger partial charge in [-0.25, -0.2) is 4.98 Å². The third-order valence-electron chi connectivity index (χ3n) is 4.16. The van der Waals surface area contributed by atoms with Gasteiger partial charge in [-0.2, -0.15) is 0 Å². The molecule has 0 saturated carbocycles. The Morgan fingerprint density at radius 3 is 2.41 bits per heavy atom. The number of amides is 2. The minimum absolute atomic E-state index is 0.0593. The minimum Gasteiger partial charge on any atom is -0.350 e. The van der Waals surface area contributed by atoms with E-state index >= 15 is 0 Å². The molecule has 0 spiro atoms. The van der Waals surface area contributed by atoms with Gasteiger partial charge in [0.25, 0.3) is 5.91 Å². The predicted octanol–water partition coefficient (Wildman–Crippen LogP) is 3.47. The number of aromatic nitrogens is 1. The van der Waals surface area contributed by atoms with Crippen molar-refractivity contribution in [3.05, 3.63) is 76.3 Å². The van der Waals surface area contributed by atoms with E-state index < -0.39 is 0 Å². The molecule has 0 atom stereocenters. The van der Waals surface area contributed by atoms with E-state index in [1.54, 1.807) is 35.6 Å². The van der Waals surface area contributed by atoms with E-state index in [-0.39, 0.29) is 18.4 Å². The van der Waals surface area contributed by atoms with Crippen LogP contribution in [0.15, 0.2) is 54.6 Å². The number of carbonyl (C=O) groups is 2. The van der Waals surface area contributed by atoms with E-state index in [0.29, 0.717) is 12.1 Å². The largest absolute Gasteiger partial charge is 0.350 e. The average molecular weight is 379 g/mol. The van der Waals surface area contributed by atoms with Crippen LogP contribution in [-0.2, 0) is 11.3 Å². The summed E-state index contributed by atoms with van der Waals surface area (Å²) in [7, 11) is 0. The Balaban J connectivity index is 1.55. The molecule has 2 aromatic carbocycles. The van der Waals surface area contributed by atoms with Gasteiger partial charge in [0, 0.05) is 16.0 Å². The summed E-state index contributed by atoms with van der Waals surface area (Å²) in [6, 6.07) is 16.9. The van der Waals surface area contributed by atoms with E-state index in [1.807, 2.05) is 25.1 Å². The van der Waals surface area contributed by atoms with Crippen molar-refractivity contribution in [2.75, 3.05) is 6.54 Å². The van der Waals surface area contributed by atoms with Crippen LogP contribution in [0.3, 0.4) is 0 Å². The normalized spacial score (nSPS) is 10.4. The second-order valence-corrected chi connectivity index (χ2v) is 7.25. The summed E-state index contributed by atoms with van der Waals surface area (Å²) >= 11 is 1.58. The lowest BCUT2D eigenvalue weighted by Crippen LogP contribution is -2.36. The smallest absolute Gasteiger partial charge is 0.251 e. The zero-order chi connectivity index (χ0) is 19.2. The summed E-state index contributed by atoms with van der Waals surface area (Å²) in [5.74, 6) is -0.494. The first-order valence-electron chi connectivity index (χ1n) is 8.67. The Kier molecular flexibility index (Phi) is 5.98. The van der Waals surface area contributed by atoms with Gasteiger partial charge in [-0.05, 0) is 31.5 Å². The van der Waals surface area contributed by atoms with E-state index in [4.69, 9.17) is 0 Å². The van der Waals surface area contributed by atoms with Crippen LogP contribution in [-0.4, -0.2) is 23.3 Å². The third kappa shape index (κ3) is 4.80. The molecule has 0 fully saturated rings. The zero-order valence-electron chi connectivity index (χ0n) is 15.3. The van der Waals surface area contributed by atoms with Crippen molar-refractivity contribution < 1.29 is 9.59 Å². The Morgan fingerprint density at radius 2 is 1.67 bits per heavy atom. The Hall–Kier alpha value is -2.99. The highest BCUT2D eigenvalue weighted by Gasteiger charge is 2.12. The van der Waals surface area contributed by atoms with Crippen LogP contribution in [0.25, 0.3) is 10.6 Å². The van der Waals surface area contributed by atoms with Crippen molar-refractivity contribution in [3.63, 3.8) is 0 Å². The first-order valence-corrected chi connectivity index (χ1v) is 9.48. The van der Waals surface area contributed by atoms with Crippen LogP contribution in [0.4, 0.5) is 0 Å². The number of benzene rings is 2. The van der Waals surface area contributed by atoms with Crippen LogP contribution in [0, 0.1) is 13.8 Å². The zero-order valence-corrected chi connectivity index (χ0v) is 16.1. The van der Waals surface area contributed by atoms with Crippen LogP contribution < -0.4 is 10.6 Å². The highest BCUT2D eigenvalue weighted by atomic mass is 32.1. The molecule has 0 aliphatic carbocycles. The van der Waals surface area contributed by atoms with Gasteiger partial charge in [0.15, 0.2) is 0 Å². The number of thiazole rings is 1. The molecule has 2 N–H and O–H groups in total. The number of nitrogens with zero attached hydrogens (tertiary/aromatic N) is 1. The third-order valence-corrected chi connectivity index (χ3v) is 5.35. The van der Waals surface area contributed by atoms with Crippen LogP contribution in [0.1, 0.15) is 26.5 Å². The van der Waals surface area contributed by atoms with Crippen molar-refractivity contribution >= 4 is 23.2 Å². The fourth-order valence-electron chi connectivity index (χ4n) is 2.61. The molecular weight excluding hydrogens is 358 g/mol. The van der Waals surface area contributed by atoms with Crippen molar-refractivity contribution in [3.8, 4) is 10.6 Å². The number of carbonyl (C=O) groups excluding carboxylic acids is 2. The molecule has 0 radical (unpaired) electrons. The molecule has 0 saturated heterocycles. The fourth-order valence-corrected chi connectivity index (χ4v) is 3.71. The van der Waals surface area contributed by atoms with Gasteiger partial charge in [0.2, 0.25) is 5.91 Å². The topological polar surface area (TPSA) is 71.1 Å². The number of hydrogen-bond donors (Lipinski definition) is 2. The molecular formula is C21H21N3O2S. The van der Waals surface area contributed by atoms with Gasteiger partial charge in [-0.15, -0.1) is 11.3 Å². The first kappa shape index (κ1) is 18.8. The molecule has 0 bridgehead atoms. The molecule has 3 rings (SSSR count). The first-order chi connectivity index (χ1) is 13.0. The number of aryl methyl sites for hydroxylation is 2. The maximum absolute atomic E-state index is 12.1. The molecule has 5 nitrogen and oxygen atoms in total. The molecule has 3 aromatic rings. The lowest BCUT2D eigenvalue weighted by molar-refractivity contribution is -0.120. The van der Waals surface area contributed by atoms with Crippen molar-refractivity contribution in [1.82, 2.24) is 15.6 Å². The predicted molar refractivity (Wildman–Crippen MR) is 108 cm³/mol. The Bertz CT molecular complexity index is 951. The number of nitrogens with one attached hydrogen (secondary N) is 2. The molecule has 0 unspecified atom stereocenters. The van der Waals surface area contributed by atoms with Crippen LogP contribution in [0.2, 0.25) is 0 Å². The molecule has 0 aliphatic rings. The maximum Gasteiger partial charge on any atom is 0.251 e. The monoisotopic (exact) mass is 379 g/mol. The second-order valence-electron chi connectivity index (χ2n) is 6.17. The summed E-state index contributed by atoms with van der Waals surface area (Å²) in [4.78, 5) is 29.7. The Morgan fingerprint density at radius 1 is 0.963 bits per heavy atom. The van der Waals surface area contributed by atoms with Gasteiger partial charge in [-0.3, -0.25) is 9.59 Å². The highest BCUT2D eigenvalue weighted by molar-refractivity contribution is 7.15. The number of hydrogen-bond acceptors (Lipinski definition) is 4. The van der Waals surface area contributed by atoms with Crippen molar-refractivity contribution in [2.24, 2.45) is 0 Å². The molecule has 1 heterocycles.